The van der Waals surface area contributed by atoms with Gasteiger partial charge in [-0.1, -0.05) is 53.8 Å². The van der Waals surface area contributed by atoms with E-state index in [-0.39, 0.29) is 5.57 Å². The molecule has 0 spiro atoms. The first-order chi connectivity index (χ1) is 15.5. The van der Waals surface area contributed by atoms with Gasteiger partial charge in [0.15, 0.2) is 5.13 Å². The third-order valence-corrected chi connectivity index (χ3v) is 6.52. The smallest absolute Gasteiger partial charge is 0.268 e. The number of carbonyl (C=O) groups is 1. The Bertz CT molecular complexity index is 1160. The lowest BCUT2D eigenvalue weighted by Crippen LogP contribution is -3.10. The number of fused-ring (bicyclic) bond motifs is 1. The van der Waals surface area contributed by atoms with Crippen LogP contribution in [-0.2, 0) is 24.3 Å². The second-order valence-corrected chi connectivity index (χ2v) is 9.17. The maximum absolute atomic E-state index is 12.7. The van der Waals surface area contributed by atoms with Gasteiger partial charge in [-0.25, -0.2) is 4.98 Å². The second kappa shape index (κ2) is 9.77. The van der Waals surface area contributed by atoms with E-state index in [2.05, 4.69) is 34.6 Å². The van der Waals surface area contributed by atoms with E-state index in [9.17, 15) is 10.1 Å². The number of thiazole rings is 1. The fourth-order valence-corrected chi connectivity index (χ4v) is 4.84. The van der Waals surface area contributed by atoms with E-state index in [0.29, 0.717) is 5.13 Å². The molecule has 0 saturated carbocycles. The molecule has 1 unspecified atom stereocenters. The molecule has 6 nitrogen and oxygen atoms in total. The topological polar surface area (TPSA) is 73.5 Å². The molecule has 1 amide bonds. The fraction of sp³-hybridized carbons (Fsp3) is 0.240. The molecular formula is C25H26N5OS+. The Labute approximate surface area is 192 Å². The zero-order valence-electron chi connectivity index (χ0n) is 18.3. The Morgan fingerprint density at radius 2 is 1.97 bits per heavy atom. The molecule has 32 heavy (non-hydrogen) atoms. The van der Waals surface area contributed by atoms with Crippen molar-refractivity contribution in [3.8, 4) is 6.07 Å². The first-order valence-corrected chi connectivity index (χ1v) is 11.4. The van der Waals surface area contributed by atoms with Crippen LogP contribution in [0.5, 0.6) is 0 Å². The maximum atomic E-state index is 12.7. The number of rotatable bonds is 6. The Kier molecular flexibility index (Phi) is 6.64. The van der Waals surface area contributed by atoms with Crippen molar-refractivity contribution in [1.82, 2.24) is 4.98 Å². The van der Waals surface area contributed by atoms with E-state index in [1.165, 1.54) is 26.7 Å². The standard InChI is InChI=1S/C25H25N5OS/c1-29(2)21-10-8-18(9-11-21)14-20(15-26)24(31)28-25-27-22-12-13-30(17-23(22)32-25)16-19-6-4-3-5-7-19/h3-11,14H,12-13,16-17H2,1-2H3,(H,27,28,31)/p+1. The average molecular weight is 445 g/mol. The summed E-state index contributed by atoms with van der Waals surface area (Å²) in [6, 6.07) is 20.2. The Morgan fingerprint density at radius 3 is 2.66 bits per heavy atom. The molecule has 1 aromatic heterocycles. The number of quaternary nitrogens is 1. The molecule has 162 valence electrons. The van der Waals surface area contributed by atoms with Gasteiger partial charge in [-0.05, 0) is 23.8 Å². The van der Waals surface area contributed by atoms with E-state index in [1.54, 1.807) is 6.08 Å². The molecule has 2 N–H and O–H groups in total. The summed E-state index contributed by atoms with van der Waals surface area (Å²) in [7, 11) is 3.93. The summed E-state index contributed by atoms with van der Waals surface area (Å²) in [4.78, 5) is 22.0. The number of carbonyl (C=O) groups excluding carboxylic acids is 1. The van der Waals surface area contributed by atoms with Gasteiger partial charge in [0, 0.05) is 31.8 Å². The molecule has 3 aromatic rings. The van der Waals surface area contributed by atoms with Gasteiger partial charge >= 0.3 is 0 Å². The maximum Gasteiger partial charge on any atom is 0.268 e. The van der Waals surface area contributed by atoms with Gasteiger partial charge in [0.05, 0.1) is 17.1 Å². The van der Waals surface area contributed by atoms with E-state index < -0.39 is 5.91 Å². The molecule has 7 heteroatoms. The van der Waals surface area contributed by atoms with E-state index in [0.717, 1.165) is 43.0 Å². The van der Waals surface area contributed by atoms with Crippen LogP contribution in [0.3, 0.4) is 0 Å². The van der Waals surface area contributed by atoms with Crippen LogP contribution in [0.1, 0.15) is 21.7 Å². The van der Waals surface area contributed by atoms with Crippen LogP contribution in [0.15, 0.2) is 60.2 Å². The summed E-state index contributed by atoms with van der Waals surface area (Å²) in [5, 5.41) is 12.9. The van der Waals surface area contributed by atoms with Crippen molar-refractivity contribution in [3.05, 3.63) is 81.9 Å². The number of anilines is 2. The molecule has 0 fully saturated rings. The molecule has 0 aliphatic carbocycles. The molecule has 2 aromatic carbocycles. The third-order valence-electron chi connectivity index (χ3n) is 5.51. The summed E-state index contributed by atoms with van der Waals surface area (Å²) < 4.78 is 0. The van der Waals surface area contributed by atoms with Crippen molar-refractivity contribution < 1.29 is 9.69 Å². The number of nitrogens with zero attached hydrogens (tertiary/aromatic N) is 3. The summed E-state index contributed by atoms with van der Waals surface area (Å²) in [5.41, 5.74) is 4.31. The lowest BCUT2D eigenvalue weighted by molar-refractivity contribution is -0.929. The molecule has 0 saturated heterocycles. The largest absolute Gasteiger partial charge is 0.378 e. The van der Waals surface area contributed by atoms with Gasteiger partial charge in [0.1, 0.15) is 24.7 Å². The molecular weight excluding hydrogens is 418 g/mol. The summed E-state index contributed by atoms with van der Waals surface area (Å²) in [6.07, 6.45) is 2.50. The normalized spacial score (nSPS) is 15.5. The minimum absolute atomic E-state index is 0.0621. The van der Waals surface area contributed by atoms with E-state index in [4.69, 9.17) is 0 Å². The SMILES string of the molecule is CN(C)c1ccc(C=C(C#N)C(=O)Nc2nc3c(s2)C[NH+](Cc2ccccc2)CC3)cc1. The van der Waals surface area contributed by atoms with Gasteiger partial charge in [-0.2, -0.15) is 5.26 Å². The lowest BCUT2D eigenvalue weighted by atomic mass is 10.1. The van der Waals surface area contributed by atoms with Crippen molar-refractivity contribution in [2.75, 3.05) is 30.9 Å². The molecule has 4 rings (SSSR count). The third kappa shape index (κ3) is 5.22. The van der Waals surface area contributed by atoms with Crippen LogP contribution in [0.25, 0.3) is 6.08 Å². The molecule has 0 radical (unpaired) electrons. The van der Waals surface area contributed by atoms with E-state index >= 15 is 0 Å². The van der Waals surface area contributed by atoms with Gasteiger partial charge in [0.2, 0.25) is 0 Å². The van der Waals surface area contributed by atoms with Gasteiger partial charge in [-0.15, -0.1) is 0 Å². The van der Waals surface area contributed by atoms with E-state index in [1.807, 2.05) is 55.4 Å². The predicted octanol–water partition coefficient (Wildman–Crippen LogP) is 2.90. The molecule has 1 aliphatic rings. The van der Waals surface area contributed by atoms with Crippen molar-refractivity contribution >= 4 is 34.1 Å². The highest BCUT2D eigenvalue weighted by Gasteiger charge is 2.24. The number of nitriles is 1. The van der Waals surface area contributed by atoms with Crippen LogP contribution in [-0.4, -0.2) is 31.5 Å². The number of aromatic nitrogens is 1. The predicted molar refractivity (Wildman–Crippen MR) is 128 cm³/mol. The van der Waals surface area contributed by atoms with Crippen molar-refractivity contribution in [2.24, 2.45) is 0 Å². The monoisotopic (exact) mass is 444 g/mol. The van der Waals surface area contributed by atoms with Gasteiger partial charge < -0.3 is 9.80 Å². The average Bonchev–Trinajstić information content (AvgIpc) is 3.19. The first-order valence-electron chi connectivity index (χ1n) is 10.6. The van der Waals surface area contributed by atoms with Crippen LogP contribution in [0.2, 0.25) is 0 Å². The summed E-state index contributed by atoms with van der Waals surface area (Å²) >= 11 is 1.51. The Hall–Kier alpha value is -3.47. The zero-order valence-corrected chi connectivity index (χ0v) is 19.1. The molecule has 2 heterocycles. The number of benzene rings is 2. The van der Waals surface area contributed by atoms with Crippen molar-refractivity contribution in [1.29, 1.82) is 5.26 Å². The highest BCUT2D eigenvalue weighted by atomic mass is 32.1. The highest BCUT2D eigenvalue weighted by molar-refractivity contribution is 7.15. The minimum atomic E-state index is -0.427. The number of hydrogen-bond donors (Lipinski definition) is 2. The van der Waals surface area contributed by atoms with Crippen LogP contribution >= 0.6 is 11.3 Å². The minimum Gasteiger partial charge on any atom is -0.378 e. The number of nitrogens with one attached hydrogen (secondary N) is 2. The first kappa shape index (κ1) is 21.8. The van der Waals surface area contributed by atoms with Crippen molar-refractivity contribution in [3.63, 3.8) is 0 Å². The van der Waals surface area contributed by atoms with Crippen LogP contribution in [0.4, 0.5) is 10.8 Å². The van der Waals surface area contributed by atoms with Crippen LogP contribution in [0, 0.1) is 11.3 Å². The number of hydrogen-bond acceptors (Lipinski definition) is 5. The molecule has 1 atom stereocenters. The highest BCUT2D eigenvalue weighted by Crippen LogP contribution is 2.25. The molecule has 1 aliphatic heterocycles. The van der Waals surface area contributed by atoms with Crippen molar-refractivity contribution in [2.45, 2.75) is 19.5 Å². The fourth-order valence-electron chi connectivity index (χ4n) is 3.76. The van der Waals surface area contributed by atoms with Gasteiger partial charge in [-0.3, -0.25) is 10.1 Å². The lowest BCUT2D eigenvalue weighted by Gasteiger charge is -2.22. The second-order valence-electron chi connectivity index (χ2n) is 8.09. The molecule has 0 bridgehead atoms. The summed E-state index contributed by atoms with van der Waals surface area (Å²) in [6.45, 7) is 2.90. The summed E-state index contributed by atoms with van der Waals surface area (Å²) in [5.74, 6) is -0.427. The Morgan fingerprint density at radius 1 is 1.22 bits per heavy atom. The zero-order chi connectivity index (χ0) is 22.5. The quantitative estimate of drug-likeness (QED) is 0.453. The van der Waals surface area contributed by atoms with Gasteiger partial charge in [0.25, 0.3) is 5.91 Å². The Balaban J connectivity index is 1.42. The number of amides is 1. The van der Waals surface area contributed by atoms with Crippen LogP contribution < -0.4 is 15.1 Å².